The third-order valence-corrected chi connectivity index (χ3v) is 4.48. The summed E-state index contributed by atoms with van der Waals surface area (Å²) in [5.41, 5.74) is 0.639. The predicted molar refractivity (Wildman–Crippen MR) is 92.7 cm³/mol. The topological polar surface area (TPSA) is 67.9 Å². The Hall–Kier alpha value is -1.95. The largest absolute Gasteiger partial charge is 0.495 e. The van der Waals surface area contributed by atoms with Crippen molar-refractivity contribution in [3.8, 4) is 5.75 Å². The van der Waals surface area contributed by atoms with Crippen LogP contribution in [0.25, 0.3) is 0 Å². The van der Waals surface area contributed by atoms with Crippen molar-refractivity contribution in [3.05, 3.63) is 23.2 Å². The highest BCUT2D eigenvalue weighted by Gasteiger charge is 2.33. The number of nitrogens with one attached hydrogen (secondary N) is 1. The van der Waals surface area contributed by atoms with Gasteiger partial charge in [-0.25, -0.2) is 4.79 Å². The smallest absolute Gasteiger partial charge is 0.414 e. The Morgan fingerprint density at radius 2 is 2.17 bits per heavy atom. The molecule has 1 aliphatic rings. The molecule has 0 saturated carbocycles. The fraction of sp³-hybridized carbons (Fsp3) is 0.529. The van der Waals surface area contributed by atoms with Gasteiger partial charge >= 0.3 is 6.09 Å². The van der Waals surface area contributed by atoms with Gasteiger partial charge in [0.05, 0.1) is 25.2 Å². The van der Waals surface area contributed by atoms with E-state index in [1.54, 1.807) is 18.2 Å². The normalized spacial score (nSPS) is 17.1. The fourth-order valence-corrected chi connectivity index (χ4v) is 2.93. The average Bonchev–Trinajstić information content (AvgIpc) is 2.95. The molecule has 7 heteroatoms. The Morgan fingerprint density at radius 1 is 1.46 bits per heavy atom. The van der Waals surface area contributed by atoms with E-state index in [0.717, 1.165) is 12.8 Å². The van der Waals surface area contributed by atoms with Gasteiger partial charge in [0, 0.05) is 11.6 Å². The highest BCUT2D eigenvalue weighted by molar-refractivity contribution is 6.32. The minimum atomic E-state index is -0.446. The van der Waals surface area contributed by atoms with Crippen molar-refractivity contribution in [1.82, 2.24) is 5.32 Å². The molecule has 1 atom stereocenters. The maximum absolute atomic E-state index is 12.1. The Morgan fingerprint density at radius 3 is 2.75 bits per heavy atom. The van der Waals surface area contributed by atoms with Gasteiger partial charge in [-0.15, -0.1) is 0 Å². The molecule has 1 aromatic rings. The number of carbonyl (C=O) groups excluding carboxylic acids is 2. The zero-order chi connectivity index (χ0) is 17.7. The molecule has 0 bridgehead atoms. The molecule has 1 saturated heterocycles. The number of halogens is 1. The van der Waals surface area contributed by atoms with E-state index in [9.17, 15) is 9.59 Å². The SMILES string of the molecule is CCC(CC)C(=O)NCC1CN(c2ccc(OC)c(Cl)c2)C(=O)O1. The summed E-state index contributed by atoms with van der Waals surface area (Å²) in [6.45, 7) is 4.64. The molecule has 0 aliphatic carbocycles. The molecule has 1 aliphatic heterocycles. The molecule has 6 nitrogen and oxygen atoms in total. The van der Waals surface area contributed by atoms with E-state index < -0.39 is 6.09 Å². The third kappa shape index (κ3) is 4.12. The second-order valence-electron chi connectivity index (χ2n) is 5.69. The first-order valence-electron chi connectivity index (χ1n) is 8.09. The number of hydrogen-bond acceptors (Lipinski definition) is 4. The lowest BCUT2D eigenvalue weighted by molar-refractivity contribution is -0.125. The number of benzene rings is 1. The average molecular weight is 355 g/mol. The molecule has 2 amide bonds. The molecule has 0 aromatic heterocycles. The van der Waals surface area contributed by atoms with Gasteiger partial charge in [-0.2, -0.15) is 0 Å². The predicted octanol–water partition coefficient (Wildman–Crippen LogP) is 3.23. The van der Waals surface area contributed by atoms with Gasteiger partial charge in [0.2, 0.25) is 5.91 Å². The van der Waals surface area contributed by atoms with Crippen LogP contribution in [-0.4, -0.2) is 38.3 Å². The molecule has 1 N–H and O–H groups in total. The summed E-state index contributed by atoms with van der Waals surface area (Å²) in [7, 11) is 1.53. The summed E-state index contributed by atoms with van der Waals surface area (Å²) < 4.78 is 10.4. The molecular formula is C17H23ClN2O4. The van der Waals surface area contributed by atoms with Crippen molar-refractivity contribution < 1.29 is 19.1 Å². The number of anilines is 1. The lowest BCUT2D eigenvalue weighted by Crippen LogP contribution is -2.37. The Labute approximate surface area is 147 Å². The monoisotopic (exact) mass is 354 g/mol. The summed E-state index contributed by atoms with van der Waals surface area (Å²) in [5, 5.41) is 3.28. The van der Waals surface area contributed by atoms with Gasteiger partial charge in [0.25, 0.3) is 0 Å². The van der Waals surface area contributed by atoms with E-state index in [4.69, 9.17) is 21.1 Å². The number of hydrogen-bond donors (Lipinski definition) is 1. The molecule has 1 fully saturated rings. The molecule has 132 valence electrons. The lowest BCUT2D eigenvalue weighted by atomic mass is 10.0. The van der Waals surface area contributed by atoms with Crippen LogP contribution in [0.4, 0.5) is 10.5 Å². The van der Waals surface area contributed by atoms with Crippen LogP contribution in [-0.2, 0) is 9.53 Å². The third-order valence-electron chi connectivity index (χ3n) is 4.18. The number of methoxy groups -OCH3 is 1. The van der Waals surface area contributed by atoms with Crippen LogP contribution in [0.5, 0.6) is 5.75 Å². The quantitative estimate of drug-likeness (QED) is 0.816. The summed E-state index contributed by atoms with van der Waals surface area (Å²) in [4.78, 5) is 25.6. The first-order valence-corrected chi connectivity index (χ1v) is 8.47. The zero-order valence-corrected chi connectivity index (χ0v) is 14.9. The Bertz CT molecular complexity index is 604. The van der Waals surface area contributed by atoms with Gasteiger partial charge in [-0.3, -0.25) is 9.69 Å². The van der Waals surface area contributed by atoms with E-state index >= 15 is 0 Å². The van der Waals surface area contributed by atoms with Crippen LogP contribution in [0.3, 0.4) is 0 Å². The number of rotatable bonds is 7. The van der Waals surface area contributed by atoms with Crippen LogP contribution < -0.4 is 15.0 Å². The molecular weight excluding hydrogens is 332 g/mol. The number of amides is 2. The minimum absolute atomic E-state index is 0.00129. The molecule has 1 heterocycles. The van der Waals surface area contributed by atoms with Gasteiger partial charge in [-0.1, -0.05) is 25.4 Å². The van der Waals surface area contributed by atoms with Crippen molar-refractivity contribution >= 4 is 29.3 Å². The number of cyclic esters (lactones) is 1. The summed E-state index contributed by atoms with van der Waals surface area (Å²) in [6.07, 6.45) is 0.765. The van der Waals surface area contributed by atoms with Crippen molar-refractivity contribution in [2.45, 2.75) is 32.8 Å². The first-order chi connectivity index (χ1) is 11.5. The minimum Gasteiger partial charge on any atom is -0.495 e. The van der Waals surface area contributed by atoms with Gasteiger partial charge in [0.1, 0.15) is 11.9 Å². The molecule has 0 radical (unpaired) electrons. The van der Waals surface area contributed by atoms with Crippen LogP contribution in [0.1, 0.15) is 26.7 Å². The second-order valence-corrected chi connectivity index (χ2v) is 6.10. The maximum Gasteiger partial charge on any atom is 0.414 e. The van der Waals surface area contributed by atoms with Gasteiger partial charge < -0.3 is 14.8 Å². The standard InChI is InChI=1S/C17H23ClN2O4/c1-4-11(5-2)16(21)19-9-13-10-20(17(22)24-13)12-6-7-15(23-3)14(18)8-12/h6-8,11,13H,4-5,9-10H2,1-3H3,(H,19,21). The van der Waals surface area contributed by atoms with Crippen LogP contribution >= 0.6 is 11.6 Å². The summed E-state index contributed by atoms with van der Waals surface area (Å²) >= 11 is 6.10. The number of nitrogens with zero attached hydrogens (tertiary/aromatic N) is 1. The van der Waals surface area contributed by atoms with E-state index in [1.165, 1.54) is 12.0 Å². The summed E-state index contributed by atoms with van der Waals surface area (Å²) in [5.74, 6) is 0.544. The van der Waals surface area contributed by atoms with Crippen molar-refractivity contribution in [3.63, 3.8) is 0 Å². The Balaban J connectivity index is 1.96. The maximum atomic E-state index is 12.1. The van der Waals surface area contributed by atoms with Crippen molar-refractivity contribution in [1.29, 1.82) is 0 Å². The number of ether oxygens (including phenoxy) is 2. The van der Waals surface area contributed by atoms with E-state index in [-0.39, 0.29) is 17.9 Å². The highest BCUT2D eigenvalue weighted by atomic mass is 35.5. The fourth-order valence-electron chi connectivity index (χ4n) is 2.68. The molecule has 24 heavy (non-hydrogen) atoms. The Kier molecular flexibility index (Phi) is 6.31. The highest BCUT2D eigenvalue weighted by Crippen LogP contribution is 2.31. The second kappa shape index (κ2) is 8.24. The molecule has 2 rings (SSSR count). The van der Waals surface area contributed by atoms with Gasteiger partial charge in [0.15, 0.2) is 0 Å². The van der Waals surface area contributed by atoms with Gasteiger partial charge in [-0.05, 0) is 31.0 Å². The van der Waals surface area contributed by atoms with Crippen LogP contribution in [0.2, 0.25) is 5.02 Å². The van der Waals surface area contributed by atoms with E-state index in [0.29, 0.717) is 29.5 Å². The van der Waals surface area contributed by atoms with Crippen LogP contribution in [0, 0.1) is 5.92 Å². The lowest BCUT2D eigenvalue weighted by Gasteiger charge is -2.16. The summed E-state index contributed by atoms with van der Waals surface area (Å²) in [6, 6.07) is 5.11. The van der Waals surface area contributed by atoms with Crippen molar-refractivity contribution in [2.75, 3.05) is 25.1 Å². The zero-order valence-electron chi connectivity index (χ0n) is 14.2. The molecule has 0 spiro atoms. The van der Waals surface area contributed by atoms with E-state index in [2.05, 4.69) is 5.32 Å². The van der Waals surface area contributed by atoms with E-state index in [1.807, 2.05) is 13.8 Å². The molecule has 1 unspecified atom stereocenters. The first kappa shape index (κ1) is 18.4. The van der Waals surface area contributed by atoms with Crippen LogP contribution in [0.15, 0.2) is 18.2 Å². The van der Waals surface area contributed by atoms with Crippen molar-refractivity contribution in [2.24, 2.45) is 5.92 Å². The number of carbonyl (C=O) groups is 2. The molecule has 1 aromatic carbocycles.